The molecule has 0 amide bonds. The number of nitrogens with one attached hydrogen (secondary N) is 1. The maximum absolute atomic E-state index is 3.37. The highest BCUT2D eigenvalue weighted by Crippen LogP contribution is 2.25. The van der Waals surface area contributed by atoms with Crippen LogP contribution >= 0.6 is 24.2 Å². The van der Waals surface area contributed by atoms with E-state index in [1.807, 2.05) is 0 Å². The Kier molecular flexibility index (Phi) is 5.60. The fourth-order valence-corrected chi connectivity index (χ4v) is 3.60. The van der Waals surface area contributed by atoms with E-state index in [4.69, 9.17) is 0 Å². The summed E-state index contributed by atoms with van der Waals surface area (Å²) in [6.07, 6.45) is 2.79. The van der Waals surface area contributed by atoms with Gasteiger partial charge in [-0.1, -0.05) is 0 Å². The summed E-state index contributed by atoms with van der Waals surface area (Å²) in [6.45, 7) is 3.94. The highest BCUT2D eigenvalue weighted by Gasteiger charge is 2.24. The normalized spacial score (nSPS) is 33.2. The number of halogens is 1. The van der Waals surface area contributed by atoms with Gasteiger partial charge in [0.15, 0.2) is 0 Å². The highest BCUT2D eigenvalue weighted by molar-refractivity contribution is 7.99. The molecule has 1 N–H and O–H groups in total. The summed E-state index contributed by atoms with van der Waals surface area (Å²) in [6, 6.07) is 0.758. The second kappa shape index (κ2) is 6.21. The van der Waals surface area contributed by atoms with Crippen molar-refractivity contribution >= 4 is 24.2 Å². The van der Waals surface area contributed by atoms with Gasteiger partial charge in [-0.3, -0.25) is 0 Å². The average Bonchev–Trinajstić information content (AvgIpc) is 2.76. The van der Waals surface area contributed by atoms with Crippen LogP contribution in [0.3, 0.4) is 0 Å². The van der Waals surface area contributed by atoms with Crippen LogP contribution in [0.15, 0.2) is 0 Å². The van der Waals surface area contributed by atoms with Gasteiger partial charge in [0.1, 0.15) is 0 Å². The summed E-state index contributed by atoms with van der Waals surface area (Å²) >= 11 is 2.13. The molecule has 2 rings (SSSR count). The lowest BCUT2D eigenvalue weighted by molar-refractivity contribution is 0.285. The van der Waals surface area contributed by atoms with Gasteiger partial charge < -0.3 is 10.2 Å². The van der Waals surface area contributed by atoms with E-state index in [2.05, 4.69) is 29.0 Å². The molecule has 2 aliphatic rings. The zero-order valence-electron chi connectivity index (χ0n) is 8.87. The lowest BCUT2D eigenvalue weighted by Gasteiger charge is -2.19. The lowest BCUT2D eigenvalue weighted by Crippen LogP contribution is -2.32. The third-order valence-electron chi connectivity index (χ3n) is 3.22. The van der Waals surface area contributed by atoms with Gasteiger partial charge in [-0.2, -0.15) is 11.8 Å². The summed E-state index contributed by atoms with van der Waals surface area (Å²) in [5.41, 5.74) is 0. The van der Waals surface area contributed by atoms with Crippen molar-refractivity contribution in [2.75, 3.05) is 38.2 Å². The molecule has 0 radical (unpaired) electrons. The first-order valence-corrected chi connectivity index (χ1v) is 6.51. The van der Waals surface area contributed by atoms with Crippen LogP contribution in [0.1, 0.15) is 12.8 Å². The molecule has 0 spiro atoms. The Morgan fingerprint density at radius 2 is 2.29 bits per heavy atom. The van der Waals surface area contributed by atoms with E-state index in [9.17, 15) is 0 Å². The van der Waals surface area contributed by atoms with Gasteiger partial charge in [0.2, 0.25) is 0 Å². The van der Waals surface area contributed by atoms with Crippen LogP contribution in [0.25, 0.3) is 0 Å². The van der Waals surface area contributed by atoms with Crippen LogP contribution in [0, 0.1) is 5.92 Å². The van der Waals surface area contributed by atoms with E-state index in [0.29, 0.717) is 0 Å². The first kappa shape index (κ1) is 12.6. The van der Waals surface area contributed by atoms with Crippen molar-refractivity contribution in [3.63, 3.8) is 0 Å². The quantitative estimate of drug-likeness (QED) is 0.799. The van der Waals surface area contributed by atoms with Gasteiger partial charge in [-0.25, -0.2) is 0 Å². The van der Waals surface area contributed by atoms with Crippen LogP contribution < -0.4 is 5.32 Å². The molecule has 4 heteroatoms. The Morgan fingerprint density at radius 3 is 2.86 bits per heavy atom. The minimum atomic E-state index is 0. The van der Waals surface area contributed by atoms with Crippen molar-refractivity contribution in [2.24, 2.45) is 5.92 Å². The monoisotopic (exact) mass is 236 g/mol. The first-order valence-electron chi connectivity index (χ1n) is 5.36. The molecule has 0 saturated carbocycles. The molecule has 14 heavy (non-hydrogen) atoms. The lowest BCUT2D eigenvalue weighted by atomic mass is 10.1. The third-order valence-corrected chi connectivity index (χ3v) is 4.45. The van der Waals surface area contributed by atoms with Crippen molar-refractivity contribution in [3.05, 3.63) is 0 Å². The van der Waals surface area contributed by atoms with Crippen molar-refractivity contribution in [3.8, 4) is 0 Å². The molecule has 2 fully saturated rings. The Balaban J connectivity index is 0.000000980. The molecule has 0 aromatic carbocycles. The van der Waals surface area contributed by atoms with Crippen LogP contribution in [-0.2, 0) is 0 Å². The second-order valence-corrected chi connectivity index (χ2v) is 5.41. The molecule has 84 valence electrons. The molecule has 2 aliphatic heterocycles. The average molecular weight is 237 g/mol. The van der Waals surface area contributed by atoms with Crippen molar-refractivity contribution in [2.45, 2.75) is 18.9 Å². The molecule has 0 bridgehead atoms. The Labute approximate surface area is 97.6 Å². The van der Waals surface area contributed by atoms with E-state index in [1.54, 1.807) is 0 Å². The van der Waals surface area contributed by atoms with Crippen molar-refractivity contribution < 1.29 is 0 Å². The van der Waals surface area contributed by atoms with E-state index < -0.39 is 0 Å². The molecule has 0 aromatic rings. The molecule has 2 unspecified atom stereocenters. The fourth-order valence-electron chi connectivity index (χ4n) is 2.33. The largest absolute Gasteiger partial charge is 0.316 e. The SMILES string of the molecule is CNC1CCN(CC2CCSC2)C1.Cl. The highest BCUT2D eigenvalue weighted by atomic mass is 35.5. The van der Waals surface area contributed by atoms with Gasteiger partial charge in [0, 0.05) is 19.1 Å². The minimum Gasteiger partial charge on any atom is -0.316 e. The van der Waals surface area contributed by atoms with Crippen LogP contribution in [0.5, 0.6) is 0 Å². The van der Waals surface area contributed by atoms with Crippen LogP contribution in [0.2, 0.25) is 0 Å². The molecular formula is C10H21ClN2S. The predicted molar refractivity (Wildman–Crippen MR) is 66.6 cm³/mol. The van der Waals surface area contributed by atoms with Gasteiger partial charge >= 0.3 is 0 Å². The predicted octanol–water partition coefficient (Wildman–Crippen LogP) is 1.46. The number of thioether (sulfide) groups is 1. The van der Waals surface area contributed by atoms with E-state index in [0.717, 1.165) is 12.0 Å². The molecule has 2 heterocycles. The third kappa shape index (κ3) is 3.30. The number of hydrogen-bond acceptors (Lipinski definition) is 3. The topological polar surface area (TPSA) is 15.3 Å². The standard InChI is InChI=1S/C10H20N2S.ClH/c1-11-10-2-4-12(7-10)6-9-3-5-13-8-9;/h9-11H,2-8H2,1H3;1H. The first-order chi connectivity index (χ1) is 6.38. The fraction of sp³-hybridized carbons (Fsp3) is 1.00. The summed E-state index contributed by atoms with van der Waals surface area (Å²) in [4.78, 5) is 2.64. The van der Waals surface area contributed by atoms with Gasteiger partial charge in [-0.05, 0) is 43.9 Å². The number of nitrogens with zero attached hydrogens (tertiary/aromatic N) is 1. The molecule has 2 nitrogen and oxygen atoms in total. The second-order valence-electron chi connectivity index (χ2n) is 4.26. The zero-order valence-corrected chi connectivity index (χ0v) is 10.5. The summed E-state index contributed by atoms with van der Waals surface area (Å²) < 4.78 is 0. The number of rotatable bonds is 3. The number of hydrogen-bond donors (Lipinski definition) is 1. The van der Waals surface area contributed by atoms with Crippen molar-refractivity contribution in [1.29, 1.82) is 0 Å². The summed E-state index contributed by atoms with van der Waals surface area (Å²) in [5, 5.41) is 3.37. The molecule has 2 saturated heterocycles. The molecule has 0 aromatic heterocycles. The van der Waals surface area contributed by atoms with Crippen LogP contribution in [0.4, 0.5) is 0 Å². The number of likely N-dealkylation sites (tertiary alicyclic amines) is 1. The number of likely N-dealkylation sites (N-methyl/N-ethyl adjacent to an activating group) is 1. The maximum atomic E-state index is 3.37. The Morgan fingerprint density at radius 1 is 1.43 bits per heavy atom. The Bertz CT molecular complexity index is 162. The van der Waals surface area contributed by atoms with Crippen LogP contribution in [-0.4, -0.2) is 49.1 Å². The van der Waals surface area contributed by atoms with E-state index >= 15 is 0 Å². The smallest absolute Gasteiger partial charge is 0.0204 e. The Hall–Kier alpha value is 0.560. The summed E-state index contributed by atoms with van der Waals surface area (Å²) in [7, 11) is 2.08. The minimum absolute atomic E-state index is 0. The van der Waals surface area contributed by atoms with Gasteiger partial charge in [-0.15, -0.1) is 12.4 Å². The molecular weight excluding hydrogens is 216 g/mol. The van der Waals surface area contributed by atoms with Crippen molar-refractivity contribution in [1.82, 2.24) is 10.2 Å². The maximum Gasteiger partial charge on any atom is 0.0204 e. The zero-order chi connectivity index (χ0) is 9.10. The molecule has 2 atom stereocenters. The summed E-state index contributed by atoms with van der Waals surface area (Å²) in [5.74, 6) is 3.79. The molecule has 0 aliphatic carbocycles. The van der Waals surface area contributed by atoms with E-state index in [1.165, 1.54) is 44.0 Å². The van der Waals surface area contributed by atoms with Gasteiger partial charge in [0.05, 0.1) is 0 Å². The van der Waals surface area contributed by atoms with Gasteiger partial charge in [0.25, 0.3) is 0 Å². The van der Waals surface area contributed by atoms with E-state index in [-0.39, 0.29) is 12.4 Å².